The molecule has 0 saturated carbocycles. The Hall–Kier alpha value is -1.83. The highest BCUT2D eigenvalue weighted by molar-refractivity contribution is 7.98. The normalized spacial score (nSPS) is 11.4. The van der Waals surface area contributed by atoms with E-state index >= 15 is 0 Å². The molecule has 2 rings (SSSR count). The second-order valence-corrected chi connectivity index (χ2v) is 8.72. The van der Waals surface area contributed by atoms with Crippen LogP contribution in [-0.2, 0) is 10.0 Å². The SMILES string of the molecule is CSc1ccc(C)c(C(=O)NCCNS(=O)(=O)c2cc(C)ccc2C)c1. The molecule has 0 heterocycles. The molecule has 5 nitrogen and oxygen atoms in total. The number of benzene rings is 2. The van der Waals surface area contributed by atoms with Gasteiger partial charge >= 0.3 is 0 Å². The Kier molecular flexibility index (Phi) is 6.86. The minimum Gasteiger partial charge on any atom is -0.351 e. The van der Waals surface area contributed by atoms with Gasteiger partial charge in [-0.3, -0.25) is 4.79 Å². The molecule has 0 spiro atoms. The molecule has 0 radical (unpaired) electrons. The summed E-state index contributed by atoms with van der Waals surface area (Å²) in [5.41, 5.74) is 3.07. The molecule has 7 heteroatoms. The molecule has 0 atom stereocenters. The van der Waals surface area contributed by atoms with Gasteiger partial charge in [-0.1, -0.05) is 18.2 Å². The van der Waals surface area contributed by atoms with E-state index in [9.17, 15) is 13.2 Å². The molecule has 0 unspecified atom stereocenters. The summed E-state index contributed by atoms with van der Waals surface area (Å²) in [5, 5.41) is 2.77. The zero-order valence-electron chi connectivity index (χ0n) is 15.4. The lowest BCUT2D eigenvalue weighted by Crippen LogP contribution is -2.35. The maximum absolute atomic E-state index is 12.4. The molecule has 0 aromatic heterocycles. The first-order chi connectivity index (χ1) is 12.2. The molecule has 0 saturated heterocycles. The van der Waals surface area contributed by atoms with E-state index < -0.39 is 10.0 Å². The van der Waals surface area contributed by atoms with Gasteiger partial charge in [-0.05, 0) is 61.9 Å². The zero-order chi connectivity index (χ0) is 19.3. The van der Waals surface area contributed by atoms with E-state index in [4.69, 9.17) is 0 Å². The first-order valence-electron chi connectivity index (χ1n) is 8.24. The van der Waals surface area contributed by atoms with Crippen LogP contribution in [0.2, 0.25) is 0 Å². The van der Waals surface area contributed by atoms with Crippen LogP contribution in [-0.4, -0.2) is 33.7 Å². The van der Waals surface area contributed by atoms with Crippen molar-refractivity contribution in [3.8, 4) is 0 Å². The fourth-order valence-electron chi connectivity index (χ4n) is 2.50. The van der Waals surface area contributed by atoms with Gasteiger partial charge in [-0.2, -0.15) is 0 Å². The minimum atomic E-state index is -3.60. The molecule has 2 aromatic carbocycles. The highest BCUT2D eigenvalue weighted by Crippen LogP contribution is 2.19. The smallest absolute Gasteiger partial charge is 0.251 e. The third-order valence-electron chi connectivity index (χ3n) is 4.03. The molecule has 0 fully saturated rings. The summed E-state index contributed by atoms with van der Waals surface area (Å²) in [6.45, 7) is 5.83. The number of hydrogen-bond acceptors (Lipinski definition) is 4. The van der Waals surface area contributed by atoms with Gasteiger partial charge in [0, 0.05) is 23.5 Å². The van der Waals surface area contributed by atoms with Crippen LogP contribution in [0.25, 0.3) is 0 Å². The van der Waals surface area contributed by atoms with Crippen LogP contribution < -0.4 is 10.0 Å². The van der Waals surface area contributed by atoms with Crippen LogP contribution in [0.1, 0.15) is 27.0 Å². The molecule has 0 aliphatic carbocycles. The van der Waals surface area contributed by atoms with Gasteiger partial charge in [-0.15, -0.1) is 11.8 Å². The predicted octanol–water partition coefficient (Wildman–Crippen LogP) is 3.04. The van der Waals surface area contributed by atoms with Crippen LogP contribution in [0.4, 0.5) is 0 Å². The van der Waals surface area contributed by atoms with E-state index in [2.05, 4.69) is 10.0 Å². The summed E-state index contributed by atoms with van der Waals surface area (Å²) >= 11 is 1.57. The van der Waals surface area contributed by atoms with E-state index in [0.717, 1.165) is 16.0 Å². The van der Waals surface area contributed by atoms with Crippen LogP contribution in [0.15, 0.2) is 46.2 Å². The second kappa shape index (κ2) is 8.70. The number of carbonyl (C=O) groups is 1. The molecule has 0 aliphatic heterocycles. The lowest BCUT2D eigenvalue weighted by molar-refractivity contribution is 0.0953. The summed E-state index contributed by atoms with van der Waals surface area (Å²) in [4.78, 5) is 13.6. The number of hydrogen-bond donors (Lipinski definition) is 2. The van der Waals surface area contributed by atoms with E-state index in [-0.39, 0.29) is 23.9 Å². The fourth-order valence-corrected chi connectivity index (χ4v) is 4.30. The largest absolute Gasteiger partial charge is 0.351 e. The van der Waals surface area contributed by atoms with Crippen molar-refractivity contribution in [3.63, 3.8) is 0 Å². The Balaban J connectivity index is 1.96. The number of amides is 1. The highest BCUT2D eigenvalue weighted by atomic mass is 32.2. The fraction of sp³-hybridized carbons (Fsp3) is 0.316. The maximum atomic E-state index is 12.4. The minimum absolute atomic E-state index is 0.128. The van der Waals surface area contributed by atoms with Gasteiger partial charge in [-0.25, -0.2) is 13.1 Å². The van der Waals surface area contributed by atoms with Crippen LogP contribution >= 0.6 is 11.8 Å². The van der Waals surface area contributed by atoms with Crippen molar-refractivity contribution in [1.82, 2.24) is 10.0 Å². The van der Waals surface area contributed by atoms with Crippen molar-refractivity contribution in [2.75, 3.05) is 19.3 Å². The first kappa shape index (κ1) is 20.5. The number of carbonyl (C=O) groups excluding carboxylic acids is 1. The molecular formula is C19H24N2O3S2. The van der Waals surface area contributed by atoms with Gasteiger partial charge in [0.1, 0.15) is 0 Å². The van der Waals surface area contributed by atoms with E-state index in [1.54, 1.807) is 30.8 Å². The molecular weight excluding hydrogens is 368 g/mol. The van der Waals surface area contributed by atoms with Crippen LogP contribution in [0, 0.1) is 20.8 Å². The second-order valence-electron chi connectivity index (χ2n) is 6.10. The van der Waals surface area contributed by atoms with Crippen LogP contribution in [0.5, 0.6) is 0 Å². The third-order valence-corrected chi connectivity index (χ3v) is 6.35. The van der Waals surface area contributed by atoms with E-state index in [0.29, 0.717) is 11.1 Å². The van der Waals surface area contributed by atoms with Crippen molar-refractivity contribution in [2.45, 2.75) is 30.6 Å². The molecule has 0 bridgehead atoms. The molecule has 2 N–H and O–H groups in total. The van der Waals surface area contributed by atoms with Crippen molar-refractivity contribution in [2.24, 2.45) is 0 Å². The summed E-state index contributed by atoms with van der Waals surface area (Å²) in [6, 6.07) is 11.0. The van der Waals surface area contributed by atoms with Crippen molar-refractivity contribution >= 4 is 27.7 Å². The number of sulfonamides is 1. The van der Waals surface area contributed by atoms with Crippen molar-refractivity contribution in [3.05, 3.63) is 58.7 Å². The Morgan fingerprint density at radius 2 is 1.69 bits per heavy atom. The molecule has 26 heavy (non-hydrogen) atoms. The number of rotatable bonds is 7. The Bertz CT molecular complexity index is 909. The molecule has 0 aliphatic rings. The average Bonchev–Trinajstić information content (AvgIpc) is 2.61. The Labute approximate surface area is 159 Å². The lowest BCUT2D eigenvalue weighted by atomic mass is 10.1. The Morgan fingerprint density at radius 3 is 2.38 bits per heavy atom. The van der Waals surface area contributed by atoms with Gasteiger partial charge in [0.05, 0.1) is 4.90 Å². The number of nitrogens with one attached hydrogen (secondary N) is 2. The standard InChI is InChI=1S/C19H24N2O3S2/c1-13-5-6-15(3)18(11-13)26(23,24)21-10-9-20-19(22)17-12-16(25-4)8-7-14(17)2/h5-8,11-12,21H,9-10H2,1-4H3,(H,20,22). The van der Waals surface area contributed by atoms with Crippen molar-refractivity contribution in [1.29, 1.82) is 0 Å². The summed E-state index contributed by atoms with van der Waals surface area (Å²) in [6.07, 6.45) is 1.95. The highest BCUT2D eigenvalue weighted by Gasteiger charge is 2.16. The van der Waals surface area contributed by atoms with Gasteiger partial charge in [0.2, 0.25) is 10.0 Å². The van der Waals surface area contributed by atoms with E-state index in [1.807, 2.05) is 44.4 Å². The Morgan fingerprint density at radius 1 is 1.00 bits per heavy atom. The topological polar surface area (TPSA) is 75.3 Å². The number of thioether (sulfide) groups is 1. The summed E-state index contributed by atoms with van der Waals surface area (Å²) in [5.74, 6) is -0.204. The van der Waals surface area contributed by atoms with Crippen LogP contribution in [0.3, 0.4) is 0 Å². The van der Waals surface area contributed by atoms with Crippen molar-refractivity contribution < 1.29 is 13.2 Å². The van der Waals surface area contributed by atoms with E-state index in [1.165, 1.54) is 0 Å². The first-order valence-corrected chi connectivity index (χ1v) is 10.9. The van der Waals surface area contributed by atoms with Gasteiger partial charge in [0.15, 0.2) is 0 Å². The monoisotopic (exact) mass is 392 g/mol. The molecule has 1 amide bonds. The maximum Gasteiger partial charge on any atom is 0.251 e. The molecule has 2 aromatic rings. The van der Waals surface area contributed by atoms with Gasteiger partial charge in [0.25, 0.3) is 5.91 Å². The summed E-state index contributed by atoms with van der Waals surface area (Å²) < 4.78 is 27.4. The quantitative estimate of drug-likeness (QED) is 0.561. The lowest BCUT2D eigenvalue weighted by Gasteiger charge is -2.12. The zero-order valence-corrected chi connectivity index (χ0v) is 17.1. The predicted molar refractivity (Wildman–Crippen MR) is 106 cm³/mol. The average molecular weight is 393 g/mol. The number of aryl methyl sites for hydroxylation is 3. The molecule has 140 valence electrons. The third kappa shape index (κ3) is 5.09. The summed E-state index contributed by atoms with van der Waals surface area (Å²) in [7, 11) is -3.60. The van der Waals surface area contributed by atoms with Gasteiger partial charge < -0.3 is 5.32 Å².